The molecule has 1 aliphatic rings. The minimum atomic E-state index is -4.52. The van der Waals surface area contributed by atoms with Gasteiger partial charge in [0.15, 0.2) is 6.10 Å². The molecule has 0 aromatic heterocycles. The van der Waals surface area contributed by atoms with Crippen molar-refractivity contribution in [2.45, 2.75) is 37.6 Å². The van der Waals surface area contributed by atoms with E-state index in [1.165, 1.54) is 0 Å². The average molecular weight is 183 g/mol. The Balaban J connectivity index is 2.57. The average Bonchev–Trinajstić information content (AvgIpc) is 2.31. The van der Waals surface area contributed by atoms with Crippen LogP contribution in [-0.2, 0) is 0 Å². The maximum absolute atomic E-state index is 12.0. The van der Waals surface area contributed by atoms with Gasteiger partial charge in [-0.1, -0.05) is 6.42 Å². The summed E-state index contributed by atoms with van der Waals surface area (Å²) in [6.45, 7) is 0. The number of alkyl halides is 3. The number of rotatable bonds is 1. The molecule has 72 valence electrons. The number of hydrogen-bond acceptors (Lipinski definition) is 2. The molecular formula is C7H12F3NO. The van der Waals surface area contributed by atoms with E-state index in [1.807, 2.05) is 0 Å². The van der Waals surface area contributed by atoms with Crippen molar-refractivity contribution < 1.29 is 18.3 Å². The molecular weight excluding hydrogens is 171 g/mol. The van der Waals surface area contributed by atoms with E-state index < -0.39 is 24.2 Å². The van der Waals surface area contributed by atoms with Crippen LogP contribution in [0.5, 0.6) is 0 Å². The zero-order valence-electron chi connectivity index (χ0n) is 6.51. The Labute approximate surface area is 68.6 Å². The molecule has 1 aliphatic carbocycles. The summed E-state index contributed by atoms with van der Waals surface area (Å²) in [5.74, 6) is -0.801. The van der Waals surface area contributed by atoms with Crippen molar-refractivity contribution in [1.82, 2.24) is 0 Å². The van der Waals surface area contributed by atoms with Gasteiger partial charge in [0.2, 0.25) is 0 Å². The molecule has 0 radical (unpaired) electrons. The van der Waals surface area contributed by atoms with Crippen LogP contribution in [0.25, 0.3) is 0 Å². The van der Waals surface area contributed by atoms with Gasteiger partial charge < -0.3 is 10.8 Å². The molecule has 2 nitrogen and oxygen atoms in total. The second-order valence-corrected chi connectivity index (χ2v) is 3.25. The number of nitrogens with two attached hydrogens (primary N) is 1. The van der Waals surface area contributed by atoms with Crippen molar-refractivity contribution in [3.63, 3.8) is 0 Å². The van der Waals surface area contributed by atoms with E-state index in [4.69, 9.17) is 10.8 Å². The second kappa shape index (κ2) is 3.22. The summed E-state index contributed by atoms with van der Waals surface area (Å²) in [4.78, 5) is 0. The van der Waals surface area contributed by atoms with Crippen molar-refractivity contribution in [3.8, 4) is 0 Å². The van der Waals surface area contributed by atoms with Gasteiger partial charge in [0.05, 0.1) is 0 Å². The van der Waals surface area contributed by atoms with Crippen LogP contribution in [0, 0.1) is 5.92 Å². The van der Waals surface area contributed by atoms with E-state index in [9.17, 15) is 13.2 Å². The van der Waals surface area contributed by atoms with Crippen molar-refractivity contribution in [2.75, 3.05) is 0 Å². The van der Waals surface area contributed by atoms with Gasteiger partial charge in [0.25, 0.3) is 0 Å². The standard InChI is InChI=1S/C7H12F3NO/c8-7(9,10)6(12)4-2-1-3-5(4)11/h4-6,12H,1-3,11H2. The first-order chi connectivity index (χ1) is 5.43. The topological polar surface area (TPSA) is 46.2 Å². The van der Waals surface area contributed by atoms with Crippen molar-refractivity contribution in [1.29, 1.82) is 0 Å². The third-order valence-corrected chi connectivity index (χ3v) is 2.37. The molecule has 3 unspecified atom stereocenters. The van der Waals surface area contributed by atoms with Crippen LogP contribution < -0.4 is 5.73 Å². The molecule has 1 saturated carbocycles. The molecule has 0 aromatic rings. The Morgan fingerprint density at radius 2 is 1.92 bits per heavy atom. The monoisotopic (exact) mass is 183 g/mol. The minimum Gasteiger partial charge on any atom is -0.383 e. The Morgan fingerprint density at radius 3 is 2.25 bits per heavy atom. The lowest BCUT2D eigenvalue weighted by atomic mass is 9.97. The number of aliphatic hydroxyl groups excluding tert-OH is 1. The lowest BCUT2D eigenvalue weighted by Crippen LogP contribution is -2.42. The van der Waals surface area contributed by atoms with Crippen LogP contribution in [0.15, 0.2) is 0 Å². The summed E-state index contributed by atoms with van der Waals surface area (Å²) in [6, 6.07) is -0.498. The highest BCUT2D eigenvalue weighted by molar-refractivity contribution is 4.88. The molecule has 0 bridgehead atoms. The molecule has 3 atom stereocenters. The minimum absolute atomic E-state index is 0.377. The fourth-order valence-electron chi connectivity index (χ4n) is 1.65. The van der Waals surface area contributed by atoms with E-state index in [-0.39, 0.29) is 0 Å². The summed E-state index contributed by atoms with van der Waals surface area (Å²) < 4.78 is 35.9. The molecule has 0 aliphatic heterocycles. The quantitative estimate of drug-likeness (QED) is 0.638. The number of aliphatic hydroxyl groups is 1. The van der Waals surface area contributed by atoms with Crippen molar-refractivity contribution in [3.05, 3.63) is 0 Å². The molecule has 1 fully saturated rings. The van der Waals surface area contributed by atoms with Gasteiger partial charge in [0, 0.05) is 12.0 Å². The summed E-state index contributed by atoms with van der Waals surface area (Å²) in [6.07, 6.45) is -5.12. The summed E-state index contributed by atoms with van der Waals surface area (Å²) in [5.41, 5.74) is 5.42. The van der Waals surface area contributed by atoms with Crippen LogP contribution in [0.4, 0.5) is 13.2 Å². The normalized spacial score (nSPS) is 33.8. The van der Waals surface area contributed by atoms with Gasteiger partial charge in [-0.15, -0.1) is 0 Å². The molecule has 0 spiro atoms. The summed E-state index contributed by atoms with van der Waals surface area (Å²) in [5, 5.41) is 8.85. The Hall–Kier alpha value is -0.290. The molecule has 0 aromatic carbocycles. The number of halogens is 3. The maximum Gasteiger partial charge on any atom is 0.414 e. The largest absolute Gasteiger partial charge is 0.414 e. The lowest BCUT2D eigenvalue weighted by Gasteiger charge is -2.23. The molecule has 1 rings (SSSR count). The fourth-order valence-corrected chi connectivity index (χ4v) is 1.65. The van der Waals surface area contributed by atoms with Gasteiger partial charge in [-0.25, -0.2) is 0 Å². The highest BCUT2D eigenvalue weighted by atomic mass is 19.4. The predicted octanol–water partition coefficient (Wildman–Crippen LogP) is 1.04. The van der Waals surface area contributed by atoms with Crippen LogP contribution in [0.3, 0.4) is 0 Å². The summed E-state index contributed by atoms with van der Waals surface area (Å²) in [7, 11) is 0. The third kappa shape index (κ3) is 1.90. The second-order valence-electron chi connectivity index (χ2n) is 3.25. The van der Waals surface area contributed by atoms with Gasteiger partial charge in [-0.05, 0) is 12.8 Å². The highest BCUT2D eigenvalue weighted by Gasteiger charge is 2.46. The Kier molecular flexibility index (Phi) is 2.63. The van der Waals surface area contributed by atoms with Crippen LogP contribution in [0.2, 0.25) is 0 Å². The smallest absolute Gasteiger partial charge is 0.383 e. The third-order valence-electron chi connectivity index (χ3n) is 2.37. The first kappa shape index (κ1) is 9.80. The van der Waals surface area contributed by atoms with E-state index in [0.717, 1.165) is 0 Å². The molecule has 5 heteroatoms. The Morgan fingerprint density at radius 1 is 1.33 bits per heavy atom. The van der Waals surface area contributed by atoms with Crippen LogP contribution >= 0.6 is 0 Å². The zero-order valence-corrected chi connectivity index (χ0v) is 6.51. The van der Waals surface area contributed by atoms with Gasteiger partial charge >= 0.3 is 6.18 Å². The van der Waals surface area contributed by atoms with Crippen molar-refractivity contribution in [2.24, 2.45) is 11.7 Å². The maximum atomic E-state index is 12.0. The molecule has 12 heavy (non-hydrogen) atoms. The predicted molar refractivity (Wildman–Crippen MR) is 37.4 cm³/mol. The summed E-state index contributed by atoms with van der Waals surface area (Å²) >= 11 is 0. The van der Waals surface area contributed by atoms with Gasteiger partial charge in [0.1, 0.15) is 0 Å². The van der Waals surface area contributed by atoms with Gasteiger partial charge in [-0.3, -0.25) is 0 Å². The number of hydrogen-bond donors (Lipinski definition) is 2. The first-order valence-electron chi connectivity index (χ1n) is 3.93. The first-order valence-corrected chi connectivity index (χ1v) is 3.93. The van der Waals surface area contributed by atoms with Crippen molar-refractivity contribution >= 4 is 0 Å². The lowest BCUT2D eigenvalue weighted by molar-refractivity contribution is -0.219. The fraction of sp³-hybridized carbons (Fsp3) is 1.00. The van der Waals surface area contributed by atoms with E-state index in [2.05, 4.69) is 0 Å². The van der Waals surface area contributed by atoms with Crippen LogP contribution in [-0.4, -0.2) is 23.4 Å². The Bertz CT molecular complexity index is 159. The zero-order chi connectivity index (χ0) is 9.35. The van der Waals surface area contributed by atoms with Gasteiger partial charge in [-0.2, -0.15) is 13.2 Å². The molecule has 0 saturated heterocycles. The van der Waals surface area contributed by atoms with Crippen LogP contribution in [0.1, 0.15) is 19.3 Å². The molecule has 0 amide bonds. The van der Waals surface area contributed by atoms with E-state index in [1.54, 1.807) is 0 Å². The SMILES string of the molecule is NC1CCCC1C(O)C(F)(F)F. The highest BCUT2D eigenvalue weighted by Crippen LogP contribution is 2.34. The van der Waals surface area contributed by atoms with E-state index >= 15 is 0 Å². The van der Waals surface area contributed by atoms with E-state index in [0.29, 0.717) is 19.3 Å². The molecule has 0 heterocycles. The molecule has 3 N–H and O–H groups in total.